The maximum atomic E-state index is 3.67. The van der Waals surface area contributed by atoms with Crippen molar-refractivity contribution in [3.05, 3.63) is 21.9 Å². The van der Waals surface area contributed by atoms with Gasteiger partial charge in [0.2, 0.25) is 0 Å². The molecular weight excluding hydrogens is 240 g/mol. The molecule has 2 atom stereocenters. The van der Waals surface area contributed by atoms with E-state index in [2.05, 4.69) is 42.4 Å². The number of piperazine rings is 1. The second kappa shape index (κ2) is 6.69. The van der Waals surface area contributed by atoms with Gasteiger partial charge < -0.3 is 5.32 Å². The molecule has 0 bridgehead atoms. The Kier molecular flexibility index (Phi) is 5.22. The Morgan fingerprint density at radius 3 is 2.83 bits per heavy atom. The summed E-state index contributed by atoms with van der Waals surface area (Å²) in [4.78, 5) is 4.27. The molecule has 18 heavy (non-hydrogen) atoms. The number of aryl methyl sites for hydroxylation is 1. The topological polar surface area (TPSA) is 15.3 Å². The van der Waals surface area contributed by atoms with Crippen LogP contribution >= 0.6 is 11.3 Å². The van der Waals surface area contributed by atoms with Crippen LogP contribution in [-0.2, 0) is 13.0 Å². The third-order valence-corrected chi connectivity index (χ3v) is 5.09. The molecule has 0 spiro atoms. The molecular formula is C15H26N2S. The molecule has 0 aliphatic carbocycles. The van der Waals surface area contributed by atoms with Crippen molar-refractivity contribution in [2.24, 2.45) is 0 Å². The number of nitrogens with zero attached hydrogens (tertiary/aromatic N) is 1. The average molecular weight is 266 g/mol. The van der Waals surface area contributed by atoms with Gasteiger partial charge in [-0.05, 0) is 36.3 Å². The van der Waals surface area contributed by atoms with Gasteiger partial charge in [0.05, 0.1) is 0 Å². The van der Waals surface area contributed by atoms with Gasteiger partial charge in [0.25, 0.3) is 0 Å². The summed E-state index contributed by atoms with van der Waals surface area (Å²) < 4.78 is 0. The van der Waals surface area contributed by atoms with Crippen LogP contribution in [0.25, 0.3) is 0 Å². The van der Waals surface area contributed by atoms with Crippen molar-refractivity contribution >= 4 is 11.3 Å². The Morgan fingerprint density at radius 1 is 1.33 bits per heavy atom. The standard InChI is InChI=1S/C15H26N2S/c1-4-12-7-8-18-15(12)11-17-10-13(5-2)16-9-14(17)6-3/h7-8,13-14,16H,4-6,9-11H2,1-3H3. The molecule has 3 heteroatoms. The zero-order valence-corrected chi connectivity index (χ0v) is 12.7. The average Bonchev–Trinajstić information content (AvgIpc) is 2.86. The van der Waals surface area contributed by atoms with Crippen LogP contribution in [0.5, 0.6) is 0 Å². The first-order valence-electron chi connectivity index (χ1n) is 7.31. The number of hydrogen-bond donors (Lipinski definition) is 1. The molecule has 2 nitrogen and oxygen atoms in total. The molecule has 1 aliphatic heterocycles. The fourth-order valence-corrected chi connectivity index (χ4v) is 3.80. The highest BCUT2D eigenvalue weighted by Crippen LogP contribution is 2.22. The Balaban J connectivity index is 2.04. The van der Waals surface area contributed by atoms with E-state index < -0.39 is 0 Å². The van der Waals surface area contributed by atoms with Crippen LogP contribution < -0.4 is 5.32 Å². The minimum Gasteiger partial charge on any atom is -0.311 e. The summed E-state index contributed by atoms with van der Waals surface area (Å²) in [5.41, 5.74) is 1.54. The largest absolute Gasteiger partial charge is 0.311 e. The highest BCUT2D eigenvalue weighted by Gasteiger charge is 2.26. The maximum absolute atomic E-state index is 3.67. The molecule has 0 amide bonds. The predicted molar refractivity (Wildman–Crippen MR) is 80.3 cm³/mol. The first kappa shape index (κ1) is 14.0. The smallest absolute Gasteiger partial charge is 0.0334 e. The van der Waals surface area contributed by atoms with Gasteiger partial charge in [-0.3, -0.25) is 4.90 Å². The molecule has 1 aromatic rings. The molecule has 0 saturated carbocycles. The van der Waals surface area contributed by atoms with Crippen molar-refractivity contribution in [2.75, 3.05) is 13.1 Å². The van der Waals surface area contributed by atoms with Crippen LogP contribution in [-0.4, -0.2) is 30.1 Å². The van der Waals surface area contributed by atoms with E-state index in [-0.39, 0.29) is 0 Å². The quantitative estimate of drug-likeness (QED) is 0.880. The normalized spacial score (nSPS) is 25.5. The molecule has 1 aromatic heterocycles. The van der Waals surface area contributed by atoms with Crippen LogP contribution in [0.2, 0.25) is 0 Å². The Morgan fingerprint density at radius 2 is 2.17 bits per heavy atom. The highest BCUT2D eigenvalue weighted by molar-refractivity contribution is 7.10. The molecule has 1 saturated heterocycles. The number of nitrogens with one attached hydrogen (secondary N) is 1. The van der Waals surface area contributed by atoms with E-state index in [0.717, 1.165) is 13.1 Å². The summed E-state index contributed by atoms with van der Waals surface area (Å²) in [6.07, 6.45) is 3.65. The molecule has 102 valence electrons. The van der Waals surface area contributed by atoms with Gasteiger partial charge >= 0.3 is 0 Å². The van der Waals surface area contributed by atoms with Crippen molar-refractivity contribution < 1.29 is 0 Å². The zero-order valence-electron chi connectivity index (χ0n) is 11.9. The Bertz CT molecular complexity index is 361. The Hall–Kier alpha value is -0.380. The molecule has 1 aliphatic rings. The minimum absolute atomic E-state index is 0.679. The number of thiophene rings is 1. The molecule has 2 rings (SSSR count). The monoisotopic (exact) mass is 266 g/mol. The van der Waals surface area contributed by atoms with Crippen LogP contribution in [0.1, 0.15) is 44.1 Å². The van der Waals surface area contributed by atoms with Gasteiger partial charge in [-0.2, -0.15) is 0 Å². The zero-order chi connectivity index (χ0) is 13.0. The van der Waals surface area contributed by atoms with E-state index in [1.165, 1.54) is 25.8 Å². The minimum atomic E-state index is 0.679. The summed E-state index contributed by atoms with van der Waals surface area (Å²) in [6.45, 7) is 10.4. The first-order valence-corrected chi connectivity index (χ1v) is 8.19. The Labute approximate surface area is 115 Å². The van der Waals surface area contributed by atoms with E-state index in [9.17, 15) is 0 Å². The SMILES string of the molecule is CCc1ccsc1CN1CC(CC)NCC1CC. The van der Waals surface area contributed by atoms with Crippen LogP contribution in [0, 0.1) is 0 Å². The molecule has 2 heterocycles. The molecule has 1 N–H and O–H groups in total. The molecule has 2 unspecified atom stereocenters. The van der Waals surface area contributed by atoms with E-state index in [1.807, 2.05) is 11.3 Å². The van der Waals surface area contributed by atoms with Gasteiger partial charge in [0, 0.05) is 36.6 Å². The summed E-state index contributed by atoms with van der Waals surface area (Å²) >= 11 is 1.93. The van der Waals surface area contributed by atoms with Gasteiger partial charge in [-0.15, -0.1) is 11.3 Å². The third-order valence-electron chi connectivity index (χ3n) is 4.14. The fourth-order valence-electron chi connectivity index (χ4n) is 2.80. The molecule has 0 radical (unpaired) electrons. The van der Waals surface area contributed by atoms with E-state index in [4.69, 9.17) is 0 Å². The number of rotatable bonds is 5. The lowest BCUT2D eigenvalue weighted by Crippen LogP contribution is -2.55. The lowest BCUT2D eigenvalue weighted by molar-refractivity contribution is 0.118. The fraction of sp³-hybridized carbons (Fsp3) is 0.733. The lowest BCUT2D eigenvalue weighted by atomic mass is 10.0. The van der Waals surface area contributed by atoms with E-state index in [1.54, 1.807) is 10.4 Å². The summed E-state index contributed by atoms with van der Waals surface area (Å²) in [7, 11) is 0. The van der Waals surface area contributed by atoms with Gasteiger partial charge in [-0.25, -0.2) is 0 Å². The predicted octanol–water partition coefficient (Wildman–Crippen LogP) is 3.27. The first-order chi connectivity index (χ1) is 8.78. The van der Waals surface area contributed by atoms with Crippen molar-refractivity contribution in [2.45, 2.75) is 58.7 Å². The van der Waals surface area contributed by atoms with Gasteiger partial charge in [0.15, 0.2) is 0 Å². The summed E-state index contributed by atoms with van der Waals surface area (Å²) in [5.74, 6) is 0. The van der Waals surface area contributed by atoms with Crippen LogP contribution in [0.4, 0.5) is 0 Å². The highest BCUT2D eigenvalue weighted by atomic mass is 32.1. The van der Waals surface area contributed by atoms with Crippen molar-refractivity contribution in [1.29, 1.82) is 0 Å². The second-order valence-electron chi connectivity index (χ2n) is 5.23. The summed E-state index contributed by atoms with van der Waals surface area (Å²) in [6, 6.07) is 3.68. The van der Waals surface area contributed by atoms with Gasteiger partial charge in [0.1, 0.15) is 0 Å². The van der Waals surface area contributed by atoms with E-state index >= 15 is 0 Å². The molecule has 0 aromatic carbocycles. The van der Waals surface area contributed by atoms with Crippen molar-refractivity contribution in [3.8, 4) is 0 Å². The second-order valence-corrected chi connectivity index (χ2v) is 6.23. The summed E-state index contributed by atoms with van der Waals surface area (Å²) in [5, 5.41) is 5.91. The van der Waals surface area contributed by atoms with Gasteiger partial charge in [-0.1, -0.05) is 20.8 Å². The maximum Gasteiger partial charge on any atom is 0.0334 e. The third kappa shape index (κ3) is 3.14. The lowest BCUT2D eigenvalue weighted by Gasteiger charge is -2.40. The van der Waals surface area contributed by atoms with Crippen LogP contribution in [0.3, 0.4) is 0 Å². The number of hydrogen-bond acceptors (Lipinski definition) is 3. The van der Waals surface area contributed by atoms with Crippen LogP contribution in [0.15, 0.2) is 11.4 Å². The van der Waals surface area contributed by atoms with E-state index in [0.29, 0.717) is 12.1 Å². The molecule has 1 fully saturated rings. The van der Waals surface area contributed by atoms with Crippen molar-refractivity contribution in [1.82, 2.24) is 10.2 Å². The van der Waals surface area contributed by atoms with Crippen molar-refractivity contribution in [3.63, 3.8) is 0 Å².